The zero-order valence-electron chi connectivity index (χ0n) is 13.3. The van der Waals surface area contributed by atoms with Crippen molar-refractivity contribution in [1.29, 1.82) is 0 Å². The van der Waals surface area contributed by atoms with Gasteiger partial charge in [-0.15, -0.1) is 0 Å². The van der Waals surface area contributed by atoms with Crippen LogP contribution in [-0.2, 0) is 0 Å². The van der Waals surface area contributed by atoms with Crippen molar-refractivity contribution >= 4 is 22.7 Å². The second-order valence-corrected chi connectivity index (χ2v) is 5.07. The third-order valence-corrected chi connectivity index (χ3v) is 3.69. The molecule has 9 nitrogen and oxygen atoms in total. The molecular weight excluding hydrogens is 330 g/mol. The monoisotopic (exact) mass is 343 g/mol. The Morgan fingerprint density at radius 2 is 2.00 bits per heavy atom. The van der Waals surface area contributed by atoms with Crippen LogP contribution in [0.4, 0.5) is 5.69 Å². The van der Waals surface area contributed by atoms with Crippen LogP contribution in [0.3, 0.4) is 0 Å². The number of nitro benzene ring substituents is 1. The number of ether oxygens (including phenoxy) is 2. The van der Waals surface area contributed by atoms with Gasteiger partial charge < -0.3 is 19.6 Å². The van der Waals surface area contributed by atoms with Gasteiger partial charge in [0.2, 0.25) is 0 Å². The first-order chi connectivity index (χ1) is 12.0. The second-order valence-electron chi connectivity index (χ2n) is 5.07. The van der Waals surface area contributed by atoms with Crippen LogP contribution in [-0.4, -0.2) is 40.2 Å². The number of carboxylic acid groups (broad SMARTS) is 1. The summed E-state index contributed by atoms with van der Waals surface area (Å²) < 4.78 is 10.3. The molecule has 0 saturated carbocycles. The van der Waals surface area contributed by atoms with Gasteiger partial charge >= 0.3 is 5.97 Å². The minimum absolute atomic E-state index is 0.0685. The highest BCUT2D eigenvalue weighted by atomic mass is 16.6. The number of carboxylic acids is 1. The first-order valence-electron chi connectivity index (χ1n) is 7.09. The Bertz CT molecular complexity index is 995. The number of non-ortho nitro benzene ring substituents is 1. The van der Waals surface area contributed by atoms with E-state index in [2.05, 4.69) is 9.97 Å². The smallest absolute Gasteiger partial charge is 0.340 e. The molecule has 0 aliphatic heterocycles. The van der Waals surface area contributed by atoms with Crippen molar-refractivity contribution in [3.8, 4) is 22.9 Å². The van der Waals surface area contributed by atoms with Crippen molar-refractivity contribution < 1.29 is 24.3 Å². The van der Waals surface area contributed by atoms with Crippen molar-refractivity contribution in [2.45, 2.75) is 0 Å². The first-order valence-corrected chi connectivity index (χ1v) is 7.09. The Hall–Kier alpha value is -3.62. The lowest BCUT2D eigenvalue weighted by Crippen LogP contribution is -2.05. The Morgan fingerprint density at radius 3 is 2.60 bits per heavy atom. The van der Waals surface area contributed by atoms with E-state index in [0.717, 1.165) is 0 Å². The first kappa shape index (κ1) is 16.2. The van der Waals surface area contributed by atoms with Crippen LogP contribution in [0.5, 0.6) is 11.5 Å². The molecule has 3 rings (SSSR count). The number of benzene rings is 2. The number of H-pyrrole nitrogens is 1. The molecule has 1 heterocycles. The van der Waals surface area contributed by atoms with Crippen LogP contribution >= 0.6 is 0 Å². The van der Waals surface area contributed by atoms with E-state index in [-0.39, 0.29) is 34.1 Å². The minimum atomic E-state index is -1.21. The van der Waals surface area contributed by atoms with Gasteiger partial charge in [0, 0.05) is 17.7 Å². The van der Waals surface area contributed by atoms with E-state index in [9.17, 15) is 20.0 Å². The molecule has 0 fully saturated rings. The number of nitrogens with one attached hydrogen (secondary N) is 1. The fourth-order valence-electron chi connectivity index (χ4n) is 2.58. The van der Waals surface area contributed by atoms with Crippen LogP contribution in [0.2, 0.25) is 0 Å². The molecule has 0 bridgehead atoms. The standard InChI is InChI=1S/C16H13N3O6/c1-24-12-6-4-9(13(16(20)21)14(12)25-2)15-17-10-5-3-8(19(22)23)7-11(10)18-15/h3-7H,1-2H3,(H,17,18)(H,20,21). The van der Waals surface area contributed by atoms with E-state index in [4.69, 9.17) is 9.47 Å². The van der Waals surface area contributed by atoms with Gasteiger partial charge in [-0.05, 0) is 18.2 Å². The molecule has 128 valence electrons. The molecule has 0 atom stereocenters. The summed E-state index contributed by atoms with van der Waals surface area (Å²) in [5, 5.41) is 20.5. The molecular formula is C16H13N3O6. The van der Waals surface area contributed by atoms with Gasteiger partial charge in [0.1, 0.15) is 11.4 Å². The highest BCUT2D eigenvalue weighted by molar-refractivity contribution is 6.00. The number of fused-ring (bicyclic) bond motifs is 1. The second kappa shape index (κ2) is 6.11. The zero-order chi connectivity index (χ0) is 18.1. The summed E-state index contributed by atoms with van der Waals surface area (Å²) in [6, 6.07) is 7.27. The van der Waals surface area contributed by atoms with Crippen LogP contribution in [0.1, 0.15) is 10.4 Å². The number of aromatic nitrogens is 2. The van der Waals surface area contributed by atoms with E-state index in [1.807, 2.05) is 0 Å². The highest BCUT2D eigenvalue weighted by Crippen LogP contribution is 2.37. The van der Waals surface area contributed by atoms with Gasteiger partial charge in [-0.25, -0.2) is 9.78 Å². The quantitative estimate of drug-likeness (QED) is 0.538. The number of rotatable bonds is 5. The van der Waals surface area contributed by atoms with E-state index < -0.39 is 10.9 Å². The Balaban J connectivity index is 2.23. The van der Waals surface area contributed by atoms with Crippen molar-refractivity contribution in [2.24, 2.45) is 0 Å². The van der Waals surface area contributed by atoms with E-state index in [1.165, 1.54) is 38.5 Å². The van der Waals surface area contributed by atoms with Gasteiger partial charge in [-0.2, -0.15) is 0 Å². The molecule has 0 aliphatic rings. The summed E-state index contributed by atoms with van der Waals surface area (Å²) in [4.78, 5) is 29.3. The third-order valence-electron chi connectivity index (χ3n) is 3.69. The van der Waals surface area contributed by atoms with E-state index >= 15 is 0 Å². The maximum atomic E-state index is 11.7. The van der Waals surface area contributed by atoms with Crippen molar-refractivity contribution in [3.05, 3.63) is 46.0 Å². The molecule has 25 heavy (non-hydrogen) atoms. The summed E-state index contributed by atoms with van der Waals surface area (Å²) in [6.45, 7) is 0. The van der Waals surface area contributed by atoms with Crippen LogP contribution < -0.4 is 9.47 Å². The number of nitrogens with zero attached hydrogens (tertiary/aromatic N) is 2. The minimum Gasteiger partial charge on any atom is -0.493 e. The van der Waals surface area contributed by atoms with E-state index in [1.54, 1.807) is 6.07 Å². The maximum absolute atomic E-state index is 11.7. The normalized spacial score (nSPS) is 10.6. The fraction of sp³-hybridized carbons (Fsp3) is 0.125. The van der Waals surface area contributed by atoms with E-state index in [0.29, 0.717) is 11.0 Å². The maximum Gasteiger partial charge on any atom is 0.340 e. The van der Waals surface area contributed by atoms with Crippen LogP contribution in [0.15, 0.2) is 30.3 Å². The topological polar surface area (TPSA) is 128 Å². The molecule has 0 amide bonds. The molecule has 0 spiro atoms. The van der Waals surface area contributed by atoms with Gasteiger partial charge in [-0.1, -0.05) is 0 Å². The summed E-state index contributed by atoms with van der Waals surface area (Å²) in [5.41, 5.74) is 0.981. The van der Waals surface area contributed by atoms with Crippen molar-refractivity contribution in [1.82, 2.24) is 9.97 Å². The summed E-state index contributed by atoms with van der Waals surface area (Å²) in [5.74, 6) is -0.611. The van der Waals surface area contributed by atoms with Gasteiger partial charge in [0.15, 0.2) is 11.5 Å². The molecule has 0 unspecified atom stereocenters. The predicted molar refractivity (Wildman–Crippen MR) is 88.2 cm³/mol. The van der Waals surface area contributed by atoms with Crippen molar-refractivity contribution in [2.75, 3.05) is 14.2 Å². The molecule has 0 saturated heterocycles. The molecule has 0 aliphatic carbocycles. The summed E-state index contributed by atoms with van der Waals surface area (Å²) in [6.07, 6.45) is 0. The number of hydrogen-bond acceptors (Lipinski definition) is 6. The average molecular weight is 343 g/mol. The third kappa shape index (κ3) is 2.71. The lowest BCUT2D eigenvalue weighted by molar-refractivity contribution is -0.384. The number of aromatic amines is 1. The average Bonchev–Trinajstić information content (AvgIpc) is 3.02. The fourth-order valence-corrected chi connectivity index (χ4v) is 2.58. The number of aromatic carboxylic acids is 1. The number of imidazole rings is 1. The van der Waals surface area contributed by atoms with Crippen molar-refractivity contribution in [3.63, 3.8) is 0 Å². The number of hydrogen-bond donors (Lipinski definition) is 2. The predicted octanol–water partition coefficient (Wildman–Crippen LogP) is 2.85. The zero-order valence-corrected chi connectivity index (χ0v) is 13.3. The Morgan fingerprint density at radius 1 is 1.24 bits per heavy atom. The number of nitro groups is 1. The molecule has 2 N–H and O–H groups in total. The number of methoxy groups -OCH3 is 2. The summed E-state index contributed by atoms with van der Waals surface area (Å²) in [7, 11) is 2.75. The van der Waals surface area contributed by atoms with Gasteiger partial charge in [0.05, 0.1) is 30.2 Å². The Labute approximate surface area is 141 Å². The lowest BCUT2D eigenvalue weighted by atomic mass is 10.0. The molecule has 9 heteroatoms. The SMILES string of the molecule is COc1ccc(-c2nc3ccc([N+](=O)[O-])cc3[nH]2)c(C(=O)O)c1OC. The number of carbonyl (C=O) groups is 1. The largest absolute Gasteiger partial charge is 0.493 e. The highest BCUT2D eigenvalue weighted by Gasteiger charge is 2.23. The molecule has 0 radical (unpaired) electrons. The molecule has 3 aromatic rings. The lowest BCUT2D eigenvalue weighted by Gasteiger charge is -2.13. The molecule has 1 aromatic heterocycles. The van der Waals surface area contributed by atoms with Gasteiger partial charge in [-0.3, -0.25) is 10.1 Å². The van der Waals surface area contributed by atoms with Crippen LogP contribution in [0, 0.1) is 10.1 Å². The molecule has 2 aromatic carbocycles. The Kier molecular flexibility index (Phi) is 3.97. The van der Waals surface area contributed by atoms with Crippen LogP contribution in [0.25, 0.3) is 22.4 Å². The summed E-state index contributed by atoms with van der Waals surface area (Å²) >= 11 is 0. The van der Waals surface area contributed by atoms with Gasteiger partial charge in [0.25, 0.3) is 5.69 Å².